The number of aliphatic hydroxyl groups is 3. The van der Waals surface area contributed by atoms with Crippen molar-refractivity contribution in [2.24, 2.45) is 46.3 Å². The second kappa shape index (κ2) is 8.04. The molecule has 0 amide bonds. The van der Waals surface area contributed by atoms with Gasteiger partial charge in [-0.25, -0.2) is 0 Å². The van der Waals surface area contributed by atoms with Gasteiger partial charge in [0.15, 0.2) is 0 Å². The van der Waals surface area contributed by atoms with E-state index in [2.05, 4.69) is 20.8 Å². The van der Waals surface area contributed by atoms with Gasteiger partial charge in [-0.05, 0) is 97.7 Å². The van der Waals surface area contributed by atoms with Crippen LogP contribution < -0.4 is 0 Å². The summed E-state index contributed by atoms with van der Waals surface area (Å²) in [5, 5.41) is 33.1. The molecule has 172 valence electrons. The third kappa shape index (κ3) is 3.34. The molecule has 0 unspecified atom stereocenters. The zero-order valence-electron chi connectivity index (χ0n) is 19.2. The van der Waals surface area contributed by atoms with Crippen LogP contribution in [-0.4, -0.2) is 46.7 Å². The van der Waals surface area contributed by atoms with Gasteiger partial charge in [-0.3, -0.25) is 4.79 Å². The topological polar surface area (TPSA) is 87.0 Å². The molecule has 0 aromatic heterocycles. The van der Waals surface area contributed by atoms with Crippen molar-refractivity contribution in [1.82, 2.24) is 0 Å². The molecule has 4 saturated carbocycles. The number of methoxy groups -OCH3 is 1. The lowest BCUT2D eigenvalue weighted by Crippen LogP contribution is -2.62. The fraction of sp³-hybridized carbons (Fsp3) is 0.960. The van der Waals surface area contributed by atoms with E-state index in [1.165, 1.54) is 7.11 Å². The summed E-state index contributed by atoms with van der Waals surface area (Å²) in [6.45, 7) is 6.85. The predicted octanol–water partition coefficient (Wildman–Crippen LogP) is 3.54. The fourth-order valence-electron chi connectivity index (χ4n) is 8.78. The Labute approximate surface area is 181 Å². The van der Waals surface area contributed by atoms with Crippen LogP contribution in [0.3, 0.4) is 0 Å². The summed E-state index contributed by atoms with van der Waals surface area (Å²) < 4.78 is 4.83. The minimum absolute atomic E-state index is 0.111. The summed E-state index contributed by atoms with van der Waals surface area (Å²) in [4.78, 5) is 11.7. The average Bonchev–Trinajstić information content (AvgIpc) is 3.06. The number of esters is 1. The normalized spacial score (nSPS) is 51.4. The van der Waals surface area contributed by atoms with E-state index in [1.807, 2.05) is 0 Å². The Hall–Kier alpha value is -0.650. The van der Waals surface area contributed by atoms with E-state index in [-0.39, 0.29) is 41.0 Å². The number of carbonyl (C=O) groups excluding carboxylic acids is 1. The van der Waals surface area contributed by atoms with Crippen LogP contribution in [0.25, 0.3) is 0 Å². The largest absolute Gasteiger partial charge is 0.469 e. The van der Waals surface area contributed by atoms with Gasteiger partial charge in [0.25, 0.3) is 0 Å². The SMILES string of the molecule is COC(=O)CC[C@H](C)[C@H]1CC[C@@H]2[C@H]3[C@H](O)C[C@@H]4C[C@H](O)CC[C@]4(C)[C@H]3C[C@H](O)[C@@]21C. The maximum Gasteiger partial charge on any atom is 0.305 e. The summed E-state index contributed by atoms with van der Waals surface area (Å²) in [6, 6.07) is 0. The van der Waals surface area contributed by atoms with Crippen molar-refractivity contribution in [2.75, 3.05) is 7.11 Å². The quantitative estimate of drug-likeness (QED) is 0.603. The highest BCUT2D eigenvalue weighted by molar-refractivity contribution is 5.69. The molecule has 3 N–H and O–H groups in total. The standard InChI is InChI=1S/C25H42O5/c1-14(5-8-22(29)30-4)17-6-7-18-23-19(13-21(28)25(17,18)3)24(2)10-9-16(26)11-15(24)12-20(23)27/h14-21,23,26-28H,5-13H2,1-4H3/t14-,15-,16+,17+,18+,19-,20+,21-,23+,24-,25+/m0/s1. The Morgan fingerprint density at radius 3 is 2.50 bits per heavy atom. The summed E-state index contributed by atoms with van der Waals surface area (Å²) in [6.07, 6.45) is 6.60. The zero-order chi connectivity index (χ0) is 21.8. The Balaban J connectivity index is 1.58. The first-order valence-corrected chi connectivity index (χ1v) is 12.2. The molecule has 0 spiro atoms. The number of fused-ring (bicyclic) bond motifs is 5. The monoisotopic (exact) mass is 422 g/mol. The van der Waals surface area contributed by atoms with Crippen molar-refractivity contribution in [3.63, 3.8) is 0 Å². The van der Waals surface area contributed by atoms with Gasteiger partial charge < -0.3 is 20.1 Å². The number of aliphatic hydroxyl groups excluding tert-OH is 3. The number of hydrogen-bond donors (Lipinski definition) is 3. The molecule has 4 rings (SSSR count). The molecule has 0 aromatic carbocycles. The molecule has 0 aromatic rings. The molecule has 0 heterocycles. The second-order valence-corrected chi connectivity index (χ2v) is 11.6. The predicted molar refractivity (Wildman–Crippen MR) is 114 cm³/mol. The minimum atomic E-state index is -0.369. The summed E-state index contributed by atoms with van der Waals surface area (Å²) in [7, 11) is 1.44. The van der Waals surface area contributed by atoms with Crippen molar-refractivity contribution < 1.29 is 24.9 Å². The van der Waals surface area contributed by atoms with Crippen LogP contribution in [0.15, 0.2) is 0 Å². The van der Waals surface area contributed by atoms with Gasteiger partial charge in [0.1, 0.15) is 0 Å². The molecule has 0 aliphatic heterocycles. The Morgan fingerprint density at radius 2 is 1.80 bits per heavy atom. The first-order chi connectivity index (χ1) is 14.1. The van der Waals surface area contributed by atoms with Crippen LogP contribution in [0, 0.1) is 46.3 Å². The van der Waals surface area contributed by atoms with Crippen molar-refractivity contribution in [1.29, 1.82) is 0 Å². The lowest BCUT2D eigenvalue weighted by molar-refractivity contribution is -0.207. The number of ether oxygens (including phenoxy) is 1. The molecule has 4 aliphatic rings. The van der Waals surface area contributed by atoms with E-state index in [1.54, 1.807) is 0 Å². The zero-order valence-corrected chi connectivity index (χ0v) is 19.2. The smallest absolute Gasteiger partial charge is 0.305 e. The highest BCUT2D eigenvalue weighted by Crippen LogP contribution is 2.68. The summed E-state index contributed by atoms with van der Waals surface area (Å²) >= 11 is 0. The second-order valence-electron chi connectivity index (χ2n) is 11.6. The van der Waals surface area contributed by atoms with Crippen LogP contribution >= 0.6 is 0 Å². The maximum atomic E-state index is 11.7. The van der Waals surface area contributed by atoms with Crippen LogP contribution in [0.2, 0.25) is 0 Å². The third-order valence-electron chi connectivity index (χ3n) is 10.6. The van der Waals surface area contributed by atoms with Crippen molar-refractivity contribution in [3.05, 3.63) is 0 Å². The Bertz CT molecular complexity index is 651. The molecule has 4 fully saturated rings. The summed E-state index contributed by atoms with van der Waals surface area (Å²) in [5.74, 6) is 1.81. The number of carbonyl (C=O) groups is 1. The lowest BCUT2D eigenvalue weighted by Gasteiger charge is -2.63. The van der Waals surface area contributed by atoms with Gasteiger partial charge in [-0.15, -0.1) is 0 Å². The van der Waals surface area contributed by atoms with Crippen LogP contribution in [-0.2, 0) is 9.53 Å². The maximum absolute atomic E-state index is 11.7. The molecular formula is C25H42O5. The summed E-state index contributed by atoms with van der Waals surface area (Å²) in [5.41, 5.74) is -0.0882. The highest BCUT2D eigenvalue weighted by atomic mass is 16.5. The minimum Gasteiger partial charge on any atom is -0.469 e. The fourth-order valence-corrected chi connectivity index (χ4v) is 8.78. The van der Waals surface area contributed by atoms with Crippen LogP contribution in [0.5, 0.6) is 0 Å². The van der Waals surface area contributed by atoms with E-state index >= 15 is 0 Å². The van der Waals surface area contributed by atoms with Gasteiger partial charge in [-0.2, -0.15) is 0 Å². The molecule has 0 saturated heterocycles. The first-order valence-electron chi connectivity index (χ1n) is 12.2. The molecule has 0 bridgehead atoms. The lowest BCUT2D eigenvalue weighted by atomic mass is 9.43. The molecular weight excluding hydrogens is 380 g/mol. The molecule has 0 radical (unpaired) electrons. The number of hydrogen-bond acceptors (Lipinski definition) is 5. The van der Waals surface area contributed by atoms with Gasteiger partial charge >= 0.3 is 5.97 Å². The van der Waals surface area contributed by atoms with Crippen LogP contribution in [0.4, 0.5) is 0 Å². The van der Waals surface area contributed by atoms with Crippen molar-refractivity contribution >= 4 is 5.97 Å². The Kier molecular flexibility index (Phi) is 6.04. The van der Waals surface area contributed by atoms with E-state index in [0.717, 1.165) is 51.4 Å². The van der Waals surface area contributed by atoms with E-state index in [4.69, 9.17) is 4.74 Å². The Morgan fingerprint density at radius 1 is 1.07 bits per heavy atom. The molecule has 5 heteroatoms. The number of rotatable bonds is 4. The average molecular weight is 423 g/mol. The van der Waals surface area contributed by atoms with E-state index in [9.17, 15) is 20.1 Å². The van der Waals surface area contributed by atoms with Crippen molar-refractivity contribution in [2.45, 2.75) is 96.9 Å². The van der Waals surface area contributed by atoms with Gasteiger partial charge in [0, 0.05) is 6.42 Å². The molecule has 30 heavy (non-hydrogen) atoms. The van der Waals surface area contributed by atoms with Crippen LogP contribution in [0.1, 0.15) is 78.6 Å². The molecule has 5 nitrogen and oxygen atoms in total. The van der Waals surface area contributed by atoms with E-state index in [0.29, 0.717) is 36.0 Å². The van der Waals surface area contributed by atoms with Crippen molar-refractivity contribution in [3.8, 4) is 0 Å². The molecule has 4 aliphatic carbocycles. The van der Waals surface area contributed by atoms with Gasteiger partial charge in [-0.1, -0.05) is 20.8 Å². The highest BCUT2D eigenvalue weighted by Gasteiger charge is 2.65. The third-order valence-corrected chi connectivity index (χ3v) is 10.6. The van der Waals surface area contributed by atoms with Gasteiger partial charge in [0.2, 0.25) is 0 Å². The first kappa shape index (κ1) is 22.5. The van der Waals surface area contributed by atoms with Gasteiger partial charge in [0.05, 0.1) is 25.4 Å². The van der Waals surface area contributed by atoms with E-state index < -0.39 is 0 Å². The molecule has 11 atom stereocenters.